The van der Waals surface area contributed by atoms with Crippen LogP contribution >= 0.6 is 0 Å². The van der Waals surface area contributed by atoms with E-state index in [0.717, 1.165) is 0 Å². The van der Waals surface area contributed by atoms with Crippen LogP contribution in [0, 0.1) is 5.92 Å². The Bertz CT molecular complexity index is 901. The highest BCUT2D eigenvalue weighted by molar-refractivity contribution is 5.02. The third kappa shape index (κ3) is 7.06. The highest BCUT2D eigenvalue weighted by atomic mass is 16.7. The molecular weight excluding hydrogens is 602 g/mol. The van der Waals surface area contributed by atoms with Gasteiger partial charge in [-0.3, -0.25) is 0 Å². The largest absolute Gasteiger partial charge is 0.396 e. The van der Waals surface area contributed by atoms with Gasteiger partial charge in [0, 0.05) is 18.6 Å². The number of aliphatic hydroxyl groups is 13. The van der Waals surface area contributed by atoms with Crippen LogP contribution in [0.25, 0.3) is 0 Å². The summed E-state index contributed by atoms with van der Waals surface area (Å²) in [5, 5.41) is 136. The normalized spacial score (nSPS) is 53.9. The topological polar surface area (TPSA) is 321 Å². The van der Waals surface area contributed by atoms with Crippen molar-refractivity contribution in [1.82, 2.24) is 5.32 Å². The van der Waals surface area contributed by atoms with Gasteiger partial charge in [0.05, 0.1) is 37.6 Å². The molecule has 44 heavy (non-hydrogen) atoms. The smallest absolute Gasteiger partial charge is 0.187 e. The molecule has 0 radical (unpaired) electrons. The van der Waals surface area contributed by atoms with E-state index >= 15 is 0 Å². The van der Waals surface area contributed by atoms with Gasteiger partial charge in [0.2, 0.25) is 0 Å². The third-order valence-electron chi connectivity index (χ3n) is 8.88. The van der Waals surface area contributed by atoms with Gasteiger partial charge in [-0.2, -0.15) is 0 Å². The summed E-state index contributed by atoms with van der Waals surface area (Å²) >= 11 is 0. The molecule has 4 fully saturated rings. The van der Waals surface area contributed by atoms with Crippen molar-refractivity contribution in [2.24, 2.45) is 5.92 Å². The van der Waals surface area contributed by atoms with Crippen LogP contribution in [0.15, 0.2) is 0 Å². The van der Waals surface area contributed by atoms with E-state index in [4.69, 9.17) is 23.7 Å². The van der Waals surface area contributed by atoms with Crippen LogP contribution < -0.4 is 5.32 Å². The fraction of sp³-hybridized carbons (Fsp3) is 1.00. The average molecular weight is 648 g/mol. The second kappa shape index (κ2) is 15.0. The number of nitrogens with one attached hydrogen (secondary N) is 1. The Morgan fingerprint density at radius 3 is 1.75 bits per heavy atom. The quantitative estimate of drug-likeness (QED) is 0.110. The molecule has 0 aromatic rings. The number of aliphatic hydroxyl groups excluding tert-OH is 13. The molecule has 3 aliphatic heterocycles. The summed E-state index contributed by atoms with van der Waals surface area (Å²) in [4.78, 5) is 0. The molecule has 19 nitrogen and oxygen atoms in total. The second-order valence-corrected chi connectivity index (χ2v) is 11.8. The van der Waals surface area contributed by atoms with Crippen molar-refractivity contribution in [2.45, 2.75) is 130 Å². The number of hydrogen-bond donors (Lipinski definition) is 14. The predicted molar refractivity (Wildman–Crippen MR) is 138 cm³/mol. The van der Waals surface area contributed by atoms with E-state index < -0.39 is 142 Å². The van der Waals surface area contributed by atoms with Gasteiger partial charge in [0.1, 0.15) is 67.1 Å². The van der Waals surface area contributed by atoms with Crippen molar-refractivity contribution in [2.75, 3.05) is 19.8 Å². The van der Waals surface area contributed by atoms with E-state index in [2.05, 4.69) is 5.32 Å². The summed E-state index contributed by atoms with van der Waals surface area (Å²) in [5.41, 5.74) is 0. The summed E-state index contributed by atoms with van der Waals surface area (Å²) in [7, 11) is 0. The Morgan fingerprint density at radius 1 is 0.568 bits per heavy atom. The van der Waals surface area contributed by atoms with Crippen LogP contribution in [0.5, 0.6) is 0 Å². The fourth-order valence-electron chi connectivity index (χ4n) is 6.19. The minimum absolute atomic E-state index is 0.0766. The van der Waals surface area contributed by atoms with Crippen molar-refractivity contribution in [3.63, 3.8) is 0 Å². The van der Waals surface area contributed by atoms with Crippen molar-refractivity contribution in [3.8, 4) is 0 Å². The van der Waals surface area contributed by atoms with Crippen LogP contribution in [0.1, 0.15) is 13.3 Å². The van der Waals surface area contributed by atoms with E-state index in [-0.39, 0.29) is 6.42 Å². The van der Waals surface area contributed by atoms with E-state index in [1.807, 2.05) is 0 Å². The minimum Gasteiger partial charge on any atom is -0.396 e. The van der Waals surface area contributed by atoms with E-state index in [1.165, 1.54) is 6.92 Å². The van der Waals surface area contributed by atoms with E-state index in [9.17, 15) is 66.4 Å². The van der Waals surface area contributed by atoms with Crippen LogP contribution in [0.2, 0.25) is 0 Å². The zero-order valence-corrected chi connectivity index (χ0v) is 23.7. The SMILES string of the molecule is C[C@H]1O[C@H](O[C@H]2[C@H](O)[C@@H](O)[C@@H](O)O[C@@H]2CO)[C@H](O)[C@@H](O)[C@@H]1N[C@H]1C[C@H](CO)[C@@H](O[C@H]2O[C@H](CO)[C@@H](O)[C@H](O)[C@H]2O)[C@H](O)[C@H]1O. The van der Waals surface area contributed by atoms with Gasteiger partial charge in [-0.15, -0.1) is 0 Å². The zero-order chi connectivity index (χ0) is 32.6. The van der Waals surface area contributed by atoms with Crippen LogP contribution in [-0.2, 0) is 23.7 Å². The van der Waals surface area contributed by atoms with Crippen molar-refractivity contribution < 1.29 is 90.1 Å². The van der Waals surface area contributed by atoms with Gasteiger partial charge in [-0.05, 0) is 13.3 Å². The first-order valence-electron chi connectivity index (χ1n) is 14.4. The lowest BCUT2D eigenvalue weighted by Crippen LogP contribution is -2.69. The molecule has 19 heteroatoms. The minimum atomic E-state index is -1.81. The summed E-state index contributed by atoms with van der Waals surface area (Å²) in [6.07, 6.45) is -27.0. The van der Waals surface area contributed by atoms with Gasteiger partial charge in [-0.25, -0.2) is 0 Å². The first-order valence-corrected chi connectivity index (χ1v) is 14.4. The average Bonchev–Trinajstić information content (AvgIpc) is 3.00. The number of rotatable bonds is 9. The highest BCUT2D eigenvalue weighted by Gasteiger charge is 2.53. The summed E-state index contributed by atoms with van der Waals surface area (Å²) in [6.45, 7) is -0.551. The molecule has 14 N–H and O–H groups in total. The maximum atomic E-state index is 11.0. The van der Waals surface area contributed by atoms with E-state index in [0.29, 0.717) is 0 Å². The maximum absolute atomic E-state index is 11.0. The molecular formula is C25H45NO18. The molecule has 1 aliphatic carbocycles. The van der Waals surface area contributed by atoms with Gasteiger partial charge in [0.15, 0.2) is 18.9 Å². The number of hydrogen-bond acceptors (Lipinski definition) is 19. The Labute approximate surface area is 251 Å². The molecule has 20 atom stereocenters. The van der Waals surface area contributed by atoms with Gasteiger partial charge in [0.25, 0.3) is 0 Å². The molecule has 258 valence electrons. The summed E-state index contributed by atoms with van der Waals surface area (Å²) < 4.78 is 27.3. The Kier molecular flexibility index (Phi) is 12.3. The molecule has 1 saturated carbocycles. The Balaban J connectivity index is 1.40. The standard InChI is InChI=1S/C25H45NO18/c1-6-11(14(32)19(37)24(40-6)44-22-10(5-29)41-23(39)18(36)17(22)35)26-8-2-7(3-27)21(16(34)12(8)30)43-25-20(38)15(33)13(31)9(4-28)42-25/h6-39H,2-5H2,1H3/t6-,7-,8+,9-,10-,11-,12+,13-,14+,15+,16-,17-,18-,19-,20-,21-,22-,23+,24-,25-/m1/s1. The monoisotopic (exact) mass is 647 g/mol. The summed E-state index contributed by atoms with van der Waals surface area (Å²) in [5.74, 6) is -0.902. The Hall–Kier alpha value is -0.760. The van der Waals surface area contributed by atoms with Crippen LogP contribution in [0.4, 0.5) is 0 Å². The molecule has 0 bridgehead atoms. The van der Waals surface area contributed by atoms with Crippen LogP contribution in [-0.4, -0.2) is 203 Å². The molecule has 4 aliphatic rings. The Morgan fingerprint density at radius 2 is 1.14 bits per heavy atom. The zero-order valence-electron chi connectivity index (χ0n) is 23.7. The van der Waals surface area contributed by atoms with E-state index in [1.54, 1.807) is 0 Å². The third-order valence-corrected chi connectivity index (χ3v) is 8.88. The highest BCUT2D eigenvalue weighted by Crippen LogP contribution is 2.34. The predicted octanol–water partition coefficient (Wildman–Crippen LogP) is -8.48. The molecule has 0 aromatic carbocycles. The number of ether oxygens (including phenoxy) is 5. The fourth-order valence-corrected chi connectivity index (χ4v) is 6.19. The lowest BCUT2D eigenvalue weighted by Gasteiger charge is -2.49. The molecule has 3 saturated heterocycles. The maximum Gasteiger partial charge on any atom is 0.187 e. The molecule has 0 aromatic heterocycles. The second-order valence-electron chi connectivity index (χ2n) is 11.8. The van der Waals surface area contributed by atoms with Gasteiger partial charge in [-0.1, -0.05) is 0 Å². The van der Waals surface area contributed by atoms with Crippen molar-refractivity contribution in [3.05, 3.63) is 0 Å². The van der Waals surface area contributed by atoms with Crippen molar-refractivity contribution >= 4 is 0 Å². The molecule has 3 heterocycles. The van der Waals surface area contributed by atoms with Crippen LogP contribution in [0.3, 0.4) is 0 Å². The molecule has 0 spiro atoms. The lowest BCUT2D eigenvalue weighted by molar-refractivity contribution is -0.346. The van der Waals surface area contributed by atoms with Crippen molar-refractivity contribution in [1.29, 1.82) is 0 Å². The first-order chi connectivity index (χ1) is 20.7. The molecule has 4 rings (SSSR count). The van der Waals surface area contributed by atoms with Gasteiger partial charge >= 0.3 is 0 Å². The molecule has 0 amide bonds. The van der Waals surface area contributed by atoms with Gasteiger partial charge < -0.3 is 95.4 Å². The summed E-state index contributed by atoms with van der Waals surface area (Å²) in [6, 6.07) is -2.11. The molecule has 0 unspecified atom stereocenters. The lowest BCUT2D eigenvalue weighted by atomic mass is 9.78. The first kappa shape index (κ1) is 36.1.